The highest BCUT2D eigenvalue weighted by molar-refractivity contribution is 5.86. The number of aryl methyl sites for hydroxylation is 1. The molecule has 1 spiro atoms. The Morgan fingerprint density at radius 1 is 1.12 bits per heavy atom. The molecule has 3 aliphatic rings. The van der Waals surface area contributed by atoms with Crippen LogP contribution in [0.4, 0.5) is 0 Å². The standard InChI is InChI=1S/C24H25N2/c1-16-8-9-21-20(12-16)18(13-22(25-21)17-6-4-3-5-7-17)14-23-24-15-19(24)10-11-26(23,24)2/h3-9,12-13,19,23H,10-11,14-15H2,1-2H3/q+1/t19?,23-,24?,26?/m1/s1. The molecule has 2 saturated heterocycles. The molecule has 1 aromatic heterocycles. The third-order valence-corrected chi connectivity index (χ3v) is 7.74. The molecule has 2 aliphatic heterocycles. The lowest BCUT2D eigenvalue weighted by atomic mass is 9.97. The van der Waals surface area contributed by atoms with E-state index in [-0.39, 0.29) is 0 Å². The molecule has 130 valence electrons. The number of benzene rings is 2. The molecule has 3 fully saturated rings. The largest absolute Gasteiger partial charge is 0.308 e. The van der Waals surface area contributed by atoms with Crippen LogP contribution in [-0.4, -0.2) is 34.6 Å². The molecule has 2 nitrogen and oxygen atoms in total. The Kier molecular flexibility index (Phi) is 2.72. The van der Waals surface area contributed by atoms with Crippen molar-refractivity contribution in [3.63, 3.8) is 0 Å². The van der Waals surface area contributed by atoms with Crippen molar-refractivity contribution in [1.29, 1.82) is 0 Å². The van der Waals surface area contributed by atoms with Crippen molar-refractivity contribution in [3.05, 3.63) is 65.7 Å². The predicted octanol–water partition coefficient (Wildman–Crippen LogP) is 4.74. The zero-order chi connectivity index (χ0) is 17.5. The fourth-order valence-electron chi connectivity index (χ4n) is 6.22. The molecular weight excluding hydrogens is 316 g/mol. The van der Waals surface area contributed by atoms with Gasteiger partial charge in [-0.1, -0.05) is 42.0 Å². The molecule has 2 aromatic carbocycles. The van der Waals surface area contributed by atoms with Crippen molar-refractivity contribution in [1.82, 2.24) is 4.98 Å². The SMILES string of the molecule is Cc1ccc2nc(-c3ccccc3)cc(C[C@@H]3C45CC4CC[N+]35C)c2c1. The molecule has 0 radical (unpaired) electrons. The highest BCUT2D eigenvalue weighted by Crippen LogP contribution is 2.75. The van der Waals surface area contributed by atoms with Crippen LogP contribution in [-0.2, 0) is 6.42 Å². The van der Waals surface area contributed by atoms with Crippen LogP contribution in [0.15, 0.2) is 54.6 Å². The first-order chi connectivity index (χ1) is 12.6. The molecule has 0 amide bonds. The molecule has 2 heteroatoms. The number of likely N-dealkylation sites (N-methyl/N-ethyl adjacent to an activating group) is 1. The number of rotatable bonds is 3. The summed E-state index contributed by atoms with van der Waals surface area (Å²) in [5, 5.41) is 1.36. The van der Waals surface area contributed by atoms with Crippen molar-refractivity contribution in [2.24, 2.45) is 5.92 Å². The minimum atomic E-state index is 0.659. The number of pyridine rings is 1. The lowest BCUT2D eigenvalue weighted by Gasteiger charge is -2.14. The van der Waals surface area contributed by atoms with Gasteiger partial charge in [0.15, 0.2) is 5.54 Å². The Bertz CT molecular complexity index is 1040. The van der Waals surface area contributed by atoms with Crippen molar-refractivity contribution in [3.8, 4) is 11.3 Å². The first kappa shape index (κ1) is 14.9. The maximum atomic E-state index is 4.99. The molecule has 1 aliphatic carbocycles. The van der Waals surface area contributed by atoms with Gasteiger partial charge in [0.05, 0.1) is 24.8 Å². The molecule has 3 aromatic rings. The summed E-state index contributed by atoms with van der Waals surface area (Å²) >= 11 is 0. The molecule has 6 rings (SSSR count). The van der Waals surface area contributed by atoms with Gasteiger partial charge < -0.3 is 4.48 Å². The summed E-state index contributed by atoms with van der Waals surface area (Å²) in [5.41, 5.74) is 6.95. The number of fused-ring (bicyclic) bond motifs is 1. The van der Waals surface area contributed by atoms with Crippen LogP contribution in [0.1, 0.15) is 24.0 Å². The summed E-state index contributed by atoms with van der Waals surface area (Å²) in [6.07, 6.45) is 4.13. The second kappa shape index (κ2) is 4.75. The zero-order valence-electron chi connectivity index (χ0n) is 15.6. The van der Waals surface area contributed by atoms with Gasteiger partial charge in [0.1, 0.15) is 6.04 Å². The van der Waals surface area contributed by atoms with Crippen LogP contribution >= 0.6 is 0 Å². The van der Waals surface area contributed by atoms with Crippen LogP contribution in [0.5, 0.6) is 0 Å². The molecule has 1 saturated carbocycles. The van der Waals surface area contributed by atoms with Gasteiger partial charge in [-0.15, -0.1) is 0 Å². The van der Waals surface area contributed by atoms with Crippen molar-refractivity contribution in [2.75, 3.05) is 13.6 Å². The van der Waals surface area contributed by atoms with Gasteiger partial charge in [-0.2, -0.15) is 0 Å². The van der Waals surface area contributed by atoms with Crippen LogP contribution in [0.2, 0.25) is 0 Å². The van der Waals surface area contributed by atoms with Gasteiger partial charge >= 0.3 is 0 Å². The molecule has 4 atom stereocenters. The van der Waals surface area contributed by atoms with Gasteiger partial charge in [-0.05, 0) is 30.7 Å². The Hall–Kier alpha value is -2.19. The summed E-state index contributed by atoms with van der Waals surface area (Å²) in [5.74, 6) is 1.01. The number of quaternary nitrogens is 1. The summed E-state index contributed by atoms with van der Waals surface area (Å²) in [6.45, 7) is 3.58. The number of nitrogens with zero attached hydrogens (tertiary/aromatic N) is 2. The summed E-state index contributed by atoms with van der Waals surface area (Å²) in [4.78, 5) is 4.99. The number of hydrogen-bond donors (Lipinski definition) is 0. The minimum absolute atomic E-state index is 0.659. The second-order valence-corrected chi connectivity index (χ2v) is 8.95. The van der Waals surface area contributed by atoms with E-state index in [0.717, 1.165) is 23.2 Å². The molecule has 26 heavy (non-hydrogen) atoms. The van der Waals surface area contributed by atoms with Crippen molar-refractivity contribution < 1.29 is 4.48 Å². The molecule has 0 bridgehead atoms. The molecule has 3 unspecified atom stereocenters. The monoisotopic (exact) mass is 341 g/mol. The summed E-state index contributed by atoms with van der Waals surface area (Å²) < 4.78 is 1.34. The third-order valence-electron chi connectivity index (χ3n) is 7.74. The molecule has 0 N–H and O–H groups in total. The minimum Gasteiger partial charge on any atom is -0.308 e. The van der Waals surface area contributed by atoms with E-state index in [9.17, 15) is 0 Å². The zero-order valence-corrected chi connectivity index (χ0v) is 15.6. The van der Waals surface area contributed by atoms with Crippen LogP contribution < -0.4 is 0 Å². The smallest absolute Gasteiger partial charge is 0.156 e. The Balaban J connectivity index is 1.47. The number of aromatic nitrogens is 1. The molecular formula is C24H25N2+. The van der Waals surface area contributed by atoms with E-state index in [4.69, 9.17) is 4.98 Å². The van der Waals surface area contributed by atoms with E-state index in [1.807, 2.05) is 0 Å². The second-order valence-electron chi connectivity index (χ2n) is 8.95. The summed E-state index contributed by atoms with van der Waals surface area (Å²) in [7, 11) is 2.50. The highest BCUT2D eigenvalue weighted by Gasteiger charge is 2.91. The Morgan fingerprint density at radius 2 is 1.96 bits per heavy atom. The van der Waals surface area contributed by atoms with E-state index in [2.05, 4.69) is 68.6 Å². The number of hydrogen-bond acceptors (Lipinski definition) is 1. The van der Waals surface area contributed by atoms with E-state index in [0.29, 0.717) is 5.54 Å². The van der Waals surface area contributed by atoms with Gasteiger partial charge in [0.25, 0.3) is 0 Å². The average molecular weight is 341 g/mol. The lowest BCUT2D eigenvalue weighted by molar-refractivity contribution is -0.803. The maximum absolute atomic E-state index is 4.99. The topological polar surface area (TPSA) is 12.9 Å². The van der Waals surface area contributed by atoms with E-state index >= 15 is 0 Å². The fourth-order valence-corrected chi connectivity index (χ4v) is 6.22. The van der Waals surface area contributed by atoms with E-state index in [1.165, 1.54) is 52.4 Å². The Labute approximate surface area is 155 Å². The van der Waals surface area contributed by atoms with Crippen LogP contribution in [0.25, 0.3) is 22.2 Å². The highest BCUT2D eigenvalue weighted by atomic mass is 15.6. The van der Waals surface area contributed by atoms with E-state index < -0.39 is 0 Å². The van der Waals surface area contributed by atoms with Gasteiger partial charge in [0.2, 0.25) is 0 Å². The maximum Gasteiger partial charge on any atom is 0.156 e. The average Bonchev–Trinajstić information content (AvgIpc) is 3.48. The van der Waals surface area contributed by atoms with Crippen LogP contribution in [0.3, 0.4) is 0 Å². The first-order valence-electron chi connectivity index (χ1n) is 9.93. The van der Waals surface area contributed by atoms with Gasteiger partial charge in [0, 0.05) is 36.1 Å². The quantitative estimate of drug-likeness (QED) is 0.495. The lowest BCUT2D eigenvalue weighted by Crippen LogP contribution is -2.25. The fraction of sp³-hybridized carbons (Fsp3) is 0.375. The number of piperidine rings is 2. The van der Waals surface area contributed by atoms with Gasteiger partial charge in [-0.3, -0.25) is 0 Å². The summed E-state index contributed by atoms with van der Waals surface area (Å²) in [6, 6.07) is 20.5. The van der Waals surface area contributed by atoms with E-state index in [1.54, 1.807) is 0 Å². The third kappa shape index (κ3) is 1.78. The predicted molar refractivity (Wildman–Crippen MR) is 106 cm³/mol. The van der Waals surface area contributed by atoms with Crippen molar-refractivity contribution in [2.45, 2.75) is 37.8 Å². The molecule has 3 heterocycles. The van der Waals surface area contributed by atoms with Crippen LogP contribution in [0, 0.1) is 12.8 Å². The van der Waals surface area contributed by atoms with Crippen molar-refractivity contribution >= 4 is 10.9 Å². The van der Waals surface area contributed by atoms with Gasteiger partial charge in [-0.25, -0.2) is 4.98 Å². The normalized spacial score (nSPS) is 33.8. The Morgan fingerprint density at radius 3 is 2.69 bits per heavy atom. The first-order valence-corrected chi connectivity index (χ1v) is 9.93.